The minimum Gasteiger partial charge on any atom is -0.504 e. The monoisotopic (exact) mass is 230 g/mol. The number of phenolic OH excluding ortho intramolecular Hbond substituents is 2. The molecule has 1 aromatic carbocycles. The molecule has 0 aliphatic rings. The van der Waals surface area contributed by atoms with Gasteiger partial charge in [0.15, 0.2) is 11.5 Å². The minimum atomic E-state index is -3.09. The van der Waals surface area contributed by atoms with Gasteiger partial charge in [-0.1, -0.05) is 25.8 Å². The van der Waals surface area contributed by atoms with Gasteiger partial charge >= 0.3 is 0 Å². The van der Waals surface area contributed by atoms with E-state index in [1.165, 1.54) is 12.1 Å². The van der Waals surface area contributed by atoms with Crippen molar-refractivity contribution in [1.82, 2.24) is 0 Å². The fourth-order valence-electron chi connectivity index (χ4n) is 1.56. The Morgan fingerprint density at radius 1 is 1.19 bits per heavy atom. The van der Waals surface area contributed by atoms with Gasteiger partial charge in [-0.05, 0) is 18.6 Å². The molecule has 0 amide bonds. The third kappa shape index (κ3) is 2.84. The summed E-state index contributed by atoms with van der Waals surface area (Å²) >= 11 is 0. The Morgan fingerprint density at radius 3 is 2.50 bits per heavy atom. The van der Waals surface area contributed by atoms with E-state index < -0.39 is 23.0 Å². The molecule has 2 nitrogen and oxygen atoms in total. The van der Waals surface area contributed by atoms with Crippen molar-refractivity contribution in [3.05, 3.63) is 23.8 Å². The molecular weight excluding hydrogens is 214 g/mol. The van der Waals surface area contributed by atoms with Gasteiger partial charge in [0.25, 0.3) is 5.92 Å². The molecule has 0 aliphatic carbocycles. The van der Waals surface area contributed by atoms with Crippen molar-refractivity contribution in [2.75, 3.05) is 0 Å². The zero-order valence-electron chi connectivity index (χ0n) is 9.21. The van der Waals surface area contributed by atoms with Crippen molar-refractivity contribution in [3.63, 3.8) is 0 Å². The zero-order valence-corrected chi connectivity index (χ0v) is 9.21. The Kier molecular flexibility index (Phi) is 4.10. The second kappa shape index (κ2) is 5.14. The molecule has 0 spiro atoms. The molecule has 16 heavy (non-hydrogen) atoms. The molecule has 2 N–H and O–H groups in total. The van der Waals surface area contributed by atoms with Crippen LogP contribution in [-0.4, -0.2) is 10.2 Å². The fraction of sp³-hybridized carbons (Fsp3) is 0.500. The van der Waals surface area contributed by atoms with Gasteiger partial charge in [-0.2, -0.15) is 0 Å². The van der Waals surface area contributed by atoms with E-state index in [2.05, 4.69) is 0 Å². The maximum Gasteiger partial charge on any atom is 0.276 e. The van der Waals surface area contributed by atoms with Gasteiger partial charge in [-0.25, -0.2) is 8.78 Å². The number of aromatic hydroxyl groups is 2. The highest BCUT2D eigenvalue weighted by Gasteiger charge is 2.34. The Morgan fingerprint density at radius 2 is 1.88 bits per heavy atom. The smallest absolute Gasteiger partial charge is 0.276 e. The summed E-state index contributed by atoms with van der Waals surface area (Å²) in [5.74, 6) is -4.31. The largest absolute Gasteiger partial charge is 0.504 e. The van der Waals surface area contributed by atoms with E-state index >= 15 is 0 Å². The van der Waals surface area contributed by atoms with Crippen molar-refractivity contribution in [2.45, 2.75) is 38.5 Å². The molecule has 0 bridgehead atoms. The predicted octanol–water partition coefficient (Wildman–Crippen LogP) is 3.77. The lowest BCUT2D eigenvalue weighted by molar-refractivity contribution is -0.0179. The van der Waals surface area contributed by atoms with Gasteiger partial charge in [-0.3, -0.25) is 0 Å². The topological polar surface area (TPSA) is 40.5 Å². The van der Waals surface area contributed by atoms with Crippen LogP contribution in [0.1, 0.15) is 38.2 Å². The number of para-hydroxylation sites is 1. The Hall–Kier alpha value is -1.32. The lowest BCUT2D eigenvalue weighted by atomic mass is 10.0. The summed E-state index contributed by atoms with van der Waals surface area (Å²) < 4.78 is 27.3. The van der Waals surface area contributed by atoms with E-state index in [1.54, 1.807) is 0 Å². The van der Waals surface area contributed by atoms with Crippen LogP contribution in [0.4, 0.5) is 8.78 Å². The van der Waals surface area contributed by atoms with E-state index in [1.807, 2.05) is 6.92 Å². The van der Waals surface area contributed by atoms with Crippen LogP contribution in [-0.2, 0) is 5.92 Å². The first-order valence-electron chi connectivity index (χ1n) is 5.38. The molecule has 4 heteroatoms. The number of hydrogen-bond donors (Lipinski definition) is 2. The molecule has 0 unspecified atom stereocenters. The molecule has 0 aromatic heterocycles. The Balaban J connectivity index is 2.84. The summed E-state index contributed by atoms with van der Waals surface area (Å²) in [5, 5.41) is 18.5. The number of alkyl halides is 2. The number of unbranched alkanes of at least 4 members (excludes halogenated alkanes) is 2. The Bertz CT molecular complexity index is 351. The predicted molar refractivity (Wildman–Crippen MR) is 57.8 cm³/mol. The van der Waals surface area contributed by atoms with Crippen LogP contribution in [0.25, 0.3) is 0 Å². The van der Waals surface area contributed by atoms with E-state index in [4.69, 9.17) is 5.11 Å². The normalized spacial score (nSPS) is 11.7. The number of phenols is 2. The first-order valence-corrected chi connectivity index (χ1v) is 5.38. The highest BCUT2D eigenvalue weighted by molar-refractivity contribution is 5.46. The molecule has 0 fully saturated rings. The quantitative estimate of drug-likeness (QED) is 0.597. The van der Waals surface area contributed by atoms with Crippen LogP contribution < -0.4 is 0 Å². The fourth-order valence-corrected chi connectivity index (χ4v) is 1.56. The highest BCUT2D eigenvalue weighted by Crippen LogP contribution is 2.42. The second-order valence-corrected chi connectivity index (χ2v) is 3.83. The molecule has 1 rings (SSSR count). The van der Waals surface area contributed by atoms with Crippen LogP contribution in [0.15, 0.2) is 18.2 Å². The van der Waals surface area contributed by atoms with E-state index in [0.29, 0.717) is 6.42 Å². The lowest BCUT2D eigenvalue weighted by Crippen LogP contribution is -2.13. The SMILES string of the molecule is CCCCCC(F)(F)c1cccc(O)c1O. The van der Waals surface area contributed by atoms with Crippen LogP contribution in [0.3, 0.4) is 0 Å². The van der Waals surface area contributed by atoms with Crippen LogP contribution in [0.2, 0.25) is 0 Å². The van der Waals surface area contributed by atoms with Crippen LogP contribution in [0, 0.1) is 0 Å². The maximum atomic E-state index is 13.6. The maximum absolute atomic E-state index is 13.6. The van der Waals surface area contributed by atoms with E-state index in [9.17, 15) is 13.9 Å². The average Bonchev–Trinajstić information content (AvgIpc) is 2.22. The molecule has 0 radical (unpaired) electrons. The summed E-state index contributed by atoms with van der Waals surface area (Å²) in [4.78, 5) is 0. The van der Waals surface area contributed by atoms with Gasteiger partial charge in [0.1, 0.15) is 0 Å². The third-order valence-electron chi connectivity index (χ3n) is 2.50. The summed E-state index contributed by atoms with van der Waals surface area (Å²) in [6, 6.07) is 3.63. The standard InChI is InChI=1S/C12H16F2O2/c1-2-3-4-8-12(13,14)9-6-5-7-10(15)11(9)16/h5-7,15-16H,2-4,8H2,1H3. The first kappa shape index (κ1) is 12.7. The van der Waals surface area contributed by atoms with Crippen LogP contribution in [0.5, 0.6) is 11.5 Å². The van der Waals surface area contributed by atoms with E-state index in [0.717, 1.165) is 18.9 Å². The number of halogens is 2. The molecule has 0 saturated carbocycles. The second-order valence-electron chi connectivity index (χ2n) is 3.83. The Labute approximate surface area is 93.5 Å². The van der Waals surface area contributed by atoms with Gasteiger partial charge < -0.3 is 10.2 Å². The molecule has 90 valence electrons. The van der Waals surface area contributed by atoms with Gasteiger partial charge in [-0.15, -0.1) is 0 Å². The number of rotatable bonds is 5. The molecule has 0 aliphatic heterocycles. The van der Waals surface area contributed by atoms with Crippen molar-refractivity contribution >= 4 is 0 Å². The zero-order chi connectivity index (χ0) is 12.2. The van der Waals surface area contributed by atoms with E-state index in [-0.39, 0.29) is 6.42 Å². The van der Waals surface area contributed by atoms with Gasteiger partial charge in [0.05, 0.1) is 5.56 Å². The molecule has 1 aromatic rings. The molecule has 0 saturated heterocycles. The third-order valence-corrected chi connectivity index (χ3v) is 2.50. The summed E-state index contributed by atoms with van der Waals surface area (Å²) in [6.07, 6.45) is 1.69. The van der Waals surface area contributed by atoms with Gasteiger partial charge in [0.2, 0.25) is 0 Å². The van der Waals surface area contributed by atoms with Crippen molar-refractivity contribution < 1.29 is 19.0 Å². The first-order chi connectivity index (χ1) is 7.49. The number of hydrogen-bond acceptors (Lipinski definition) is 2. The van der Waals surface area contributed by atoms with Crippen molar-refractivity contribution in [2.24, 2.45) is 0 Å². The number of benzene rings is 1. The molecule has 0 atom stereocenters. The summed E-state index contributed by atoms with van der Waals surface area (Å²) in [7, 11) is 0. The van der Waals surface area contributed by atoms with Crippen molar-refractivity contribution in [3.8, 4) is 11.5 Å². The van der Waals surface area contributed by atoms with Crippen LogP contribution >= 0.6 is 0 Å². The minimum absolute atomic E-state index is 0.308. The lowest BCUT2D eigenvalue weighted by Gasteiger charge is -2.18. The average molecular weight is 230 g/mol. The van der Waals surface area contributed by atoms with Gasteiger partial charge in [0, 0.05) is 6.42 Å². The molecule has 0 heterocycles. The van der Waals surface area contributed by atoms with Crippen molar-refractivity contribution in [1.29, 1.82) is 0 Å². The molecular formula is C12H16F2O2. The summed E-state index contributed by atoms with van der Waals surface area (Å²) in [5.41, 5.74) is -0.497. The summed E-state index contributed by atoms with van der Waals surface area (Å²) in [6.45, 7) is 1.93. The highest BCUT2D eigenvalue weighted by atomic mass is 19.3.